The first-order chi connectivity index (χ1) is 31.0. The number of aromatic nitrogens is 2. The van der Waals surface area contributed by atoms with Crippen LogP contribution in [0.2, 0.25) is 5.02 Å². The number of H-pyrrole nitrogens is 1. The number of non-ortho nitro benzene ring substituents is 1. The van der Waals surface area contributed by atoms with Crippen molar-refractivity contribution in [2.75, 3.05) is 50.8 Å². The van der Waals surface area contributed by atoms with Crippen LogP contribution in [0.5, 0.6) is 11.5 Å². The maximum Gasteiger partial charge on any atom is 0.298 e. The average molecular weight is 905 g/mol. The van der Waals surface area contributed by atoms with Gasteiger partial charge in [0, 0.05) is 80.4 Å². The highest BCUT2D eigenvalue weighted by atomic mass is 35.5. The Kier molecular flexibility index (Phi) is 11.5. The second-order valence-corrected chi connectivity index (χ2v) is 19.9. The summed E-state index contributed by atoms with van der Waals surface area (Å²) in [6.45, 7) is 5.29. The number of rotatable bonds is 12. The van der Waals surface area contributed by atoms with Gasteiger partial charge in [-0.15, -0.1) is 0 Å². The standard InChI is InChI=1S/C47H49ClN8O7S/c48-34-4-2-31(3-5-34)39-27-47(12-1-13-47)14-8-33(39)29-54-16-18-55(19-17-54)35-6-7-38(42(24-35)63-36-23-32-9-15-49-45(32)50-28-36)46(57)53-64(60,61)37-25-40-44(41(26-37)56(58)59)52-43(51-40)22-30-10-20-62-21-11-30/h2-7,9,15,23-26,28,30,43H,1,8,10-14,16-22,27,29H2,(H,49,50)(H,53,57). The molecule has 3 aromatic carbocycles. The van der Waals surface area contributed by atoms with Gasteiger partial charge < -0.3 is 19.4 Å². The van der Waals surface area contributed by atoms with E-state index in [1.54, 1.807) is 30.5 Å². The van der Waals surface area contributed by atoms with Gasteiger partial charge in [-0.25, -0.2) is 23.1 Å². The molecular weight excluding hydrogens is 856 g/mol. The molecule has 5 aliphatic rings. The van der Waals surface area contributed by atoms with Gasteiger partial charge in [-0.05, 0) is 116 Å². The number of sulfonamides is 1. The minimum atomic E-state index is -4.64. The third-order valence-corrected chi connectivity index (χ3v) is 15.3. The number of aromatic amines is 1. The lowest BCUT2D eigenvalue weighted by Gasteiger charge is -2.47. The molecule has 332 valence electrons. The van der Waals surface area contributed by atoms with E-state index in [-0.39, 0.29) is 27.9 Å². The van der Waals surface area contributed by atoms with E-state index >= 15 is 0 Å². The monoisotopic (exact) mass is 904 g/mol. The number of ether oxygens (including phenoxy) is 2. The van der Waals surface area contributed by atoms with Crippen molar-refractivity contribution in [2.45, 2.75) is 68.8 Å². The zero-order valence-electron chi connectivity index (χ0n) is 35.3. The molecule has 2 N–H and O–H groups in total. The summed E-state index contributed by atoms with van der Waals surface area (Å²) >= 11 is 6.28. The molecule has 5 aromatic rings. The van der Waals surface area contributed by atoms with E-state index in [0.717, 1.165) is 80.6 Å². The van der Waals surface area contributed by atoms with E-state index in [1.807, 2.05) is 18.2 Å². The van der Waals surface area contributed by atoms with E-state index < -0.39 is 37.6 Å². The number of hydrogen-bond acceptors (Lipinski definition) is 12. The number of nitrogens with one attached hydrogen (secondary N) is 2. The predicted molar refractivity (Wildman–Crippen MR) is 242 cm³/mol. The second kappa shape index (κ2) is 17.4. The van der Waals surface area contributed by atoms with Gasteiger partial charge in [-0.3, -0.25) is 24.8 Å². The SMILES string of the molecule is O=C(NS(=O)(=O)c1cc([N+](=O)[O-])c2c(c1)=NC(CC1CCOCC1)N=2)c1ccc(N2CCN(CC3=C(c4ccc(Cl)cc4)CC4(CCC4)CC3)CC2)cc1Oc1cnc2[nH]ccc2c1. The van der Waals surface area contributed by atoms with E-state index in [9.17, 15) is 23.3 Å². The predicted octanol–water partition coefficient (Wildman–Crippen LogP) is 7.36. The summed E-state index contributed by atoms with van der Waals surface area (Å²) in [6, 6.07) is 19.2. The van der Waals surface area contributed by atoms with Gasteiger partial charge >= 0.3 is 0 Å². The number of nitro benzene ring substituents is 1. The largest absolute Gasteiger partial charge is 0.455 e. The third kappa shape index (κ3) is 8.75. The van der Waals surface area contributed by atoms with E-state index in [0.29, 0.717) is 36.4 Å². The molecule has 1 atom stereocenters. The summed E-state index contributed by atoms with van der Waals surface area (Å²) in [5.41, 5.74) is 5.63. The Morgan fingerprint density at radius 2 is 1.80 bits per heavy atom. The Morgan fingerprint density at radius 1 is 1.00 bits per heavy atom. The molecule has 1 unspecified atom stereocenters. The smallest absolute Gasteiger partial charge is 0.298 e. The topological polar surface area (TPSA) is 185 Å². The fraction of sp³-hybridized carbons (Fsp3) is 0.404. The first-order valence-electron chi connectivity index (χ1n) is 22.1. The van der Waals surface area contributed by atoms with Crippen molar-refractivity contribution in [1.82, 2.24) is 19.6 Å². The molecule has 2 saturated heterocycles. The van der Waals surface area contributed by atoms with Crippen LogP contribution in [0.1, 0.15) is 73.7 Å². The Labute approximate surface area is 375 Å². The minimum Gasteiger partial charge on any atom is -0.455 e. The van der Waals surface area contributed by atoms with Gasteiger partial charge in [0.15, 0.2) is 5.36 Å². The lowest BCUT2D eigenvalue weighted by Crippen LogP contribution is -2.47. The van der Waals surface area contributed by atoms with E-state index in [2.05, 4.69) is 46.6 Å². The molecule has 10 rings (SSSR count). The number of fused-ring (bicyclic) bond motifs is 2. The second-order valence-electron chi connectivity index (χ2n) is 17.8. The van der Waals surface area contributed by atoms with Crippen LogP contribution >= 0.6 is 11.6 Å². The van der Waals surface area contributed by atoms with Crippen LogP contribution in [0.3, 0.4) is 0 Å². The maximum absolute atomic E-state index is 14.1. The molecular formula is C47H49ClN8O7S. The van der Waals surface area contributed by atoms with Gasteiger partial charge in [-0.2, -0.15) is 0 Å². The zero-order valence-corrected chi connectivity index (χ0v) is 36.9. The number of allylic oxidation sites excluding steroid dienone is 1. The molecule has 0 bridgehead atoms. The minimum absolute atomic E-state index is 0.0306. The van der Waals surface area contributed by atoms with E-state index in [1.165, 1.54) is 54.7 Å². The van der Waals surface area contributed by atoms with Gasteiger partial charge in [0.1, 0.15) is 23.3 Å². The van der Waals surface area contributed by atoms with Crippen molar-refractivity contribution >= 4 is 55.5 Å². The lowest BCUT2D eigenvalue weighted by atomic mass is 9.59. The molecule has 3 aliphatic heterocycles. The first kappa shape index (κ1) is 42.3. The number of piperazine rings is 1. The molecule has 1 amide bonds. The molecule has 5 heterocycles. The molecule has 0 radical (unpaired) electrons. The molecule has 15 nitrogen and oxygen atoms in total. The fourth-order valence-electron chi connectivity index (χ4n) is 9.97. The van der Waals surface area contributed by atoms with Crippen molar-refractivity contribution in [2.24, 2.45) is 21.3 Å². The van der Waals surface area contributed by atoms with Gasteiger partial charge in [0.2, 0.25) is 0 Å². The molecule has 1 saturated carbocycles. The van der Waals surface area contributed by atoms with Crippen LogP contribution in [0, 0.1) is 21.4 Å². The summed E-state index contributed by atoms with van der Waals surface area (Å²) in [7, 11) is -4.64. The van der Waals surface area contributed by atoms with Crippen molar-refractivity contribution in [3.8, 4) is 11.5 Å². The Balaban J connectivity index is 0.887. The third-order valence-electron chi connectivity index (χ3n) is 13.7. The van der Waals surface area contributed by atoms with Crippen LogP contribution in [0.15, 0.2) is 99.6 Å². The summed E-state index contributed by atoms with van der Waals surface area (Å²) in [4.78, 5) is 46.4. The van der Waals surface area contributed by atoms with Crippen LogP contribution in [-0.4, -0.2) is 86.2 Å². The molecule has 17 heteroatoms. The van der Waals surface area contributed by atoms with Crippen molar-refractivity contribution < 1.29 is 27.6 Å². The number of nitro groups is 1. The van der Waals surface area contributed by atoms with Crippen LogP contribution in [0.25, 0.3) is 16.6 Å². The quantitative estimate of drug-likeness (QED) is 0.0947. The summed E-state index contributed by atoms with van der Waals surface area (Å²) in [5.74, 6) is -0.209. The molecule has 2 aromatic heterocycles. The van der Waals surface area contributed by atoms with Crippen LogP contribution in [0.4, 0.5) is 11.4 Å². The van der Waals surface area contributed by atoms with Crippen LogP contribution in [-0.2, 0) is 14.8 Å². The Hall–Kier alpha value is -5.68. The molecule has 3 fully saturated rings. The Morgan fingerprint density at radius 3 is 2.55 bits per heavy atom. The highest BCUT2D eigenvalue weighted by Crippen LogP contribution is 2.55. The van der Waals surface area contributed by atoms with Gasteiger partial charge in [0.25, 0.3) is 21.6 Å². The van der Waals surface area contributed by atoms with Gasteiger partial charge in [-0.1, -0.05) is 35.7 Å². The van der Waals surface area contributed by atoms with Gasteiger partial charge in [0.05, 0.1) is 26.9 Å². The highest BCUT2D eigenvalue weighted by molar-refractivity contribution is 7.90. The first-order valence-corrected chi connectivity index (χ1v) is 23.9. The van der Waals surface area contributed by atoms with Crippen molar-refractivity contribution in [3.05, 3.63) is 122 Å². The molecule has 2 aliphatic carbocycles. The number of anilines is 1. The molecule has 64 heavy (non-hydrogen) atoms. The Bertz CT molecular complexity index is 2900. The zero-order chi connectivity index (χ0) is 44.0. The van der Waals surface area contributed by atoms with Crippen LogP contribution < -0.4 is 25.1 Å². The number of hydrogen-bond donors (Lipinski definition) is 2. The number of benzene rings is 3. The lowest BCUT2D eigenvalue weighted by molar-refractivity contribution is -0.386. The number of nitrogens with zero attached hydrogens (tertiary/aromatic N) is 6. The number of carbonyl (C=O) groups excluding carboxylic acids is 1. The number of halogens is 1. The summed E-state index contributed by atoms with van der Waals surface area (Å²) < 4.78 is 41.8. The number of carbonyl (C=O) groups is 1. The number of amides is 1. The molecule has 1 spiro atoms. The summed E-state index contributed by atoms with van der Waals surface area (Å²) in [6.07, 6.45) is 12.3. The summed E-state index contributed by atoms with van der Waals surface area (Å²) in [5, 5.41) is 13.9. The van der Waals surface area contributed by atoms with Crippen molar-refractivity contribution in [3.63, 3.8) is 0 Å². The van der Waals surface area contributed by atoms with E-state index in [4.69, 9.17) is 21.1 Å². The normalized spacial score (nSPS) is 20.1. The fourth-order valence-corrected chi connectivity index (χ4v) is 11.1. The van der Waals surface area contributed by atoms with Crippen molar-refractivity contribution in [1.29, 1.82) is 0 Å². The maximum atomic E-state index is 14.1. The number of pyridine rings is 1. The average Bonchev–Trinajstić information content (AvgIpc) is 3.93. The highest BCUT2D eigenvalue weighted by Gasteiger charge is 2.41.